The minimum absolute atomic E-state index is 0.0772. The Kier molecular flexibility index (Phi) is 4.57. The van der Waals surface area contributed by atoms with Gasteiger partial charge in [-0.25, -0.2) is 4.79 Å². The molecule has 1 aliphatic heterocycles. The Morgan fingerprint density at radius 3 is 2.24 bits per heavy atom. The zero-order chi connectivity index (χ0) is 20.2. The molecule has 4 bridgehead atoms. The number of rotatable bonds is 3. The summed E-state index contributed by atoms with van der Waals surface area (Å²) < 4.78 is 0. The number of carbonyl (C=O) groups excluding carboxylic acids is 2. The van der Waals surface area contributed by atoms with Crippen LogP contribution in [0.4, 0.5) is 4.79 Å². The Morgan fingerprint density at radius 1 is 1.03 bits per heavy atom. The summed E-state index contributed by atoms with van der Waals surface area (Å²) in [5, 5.41) is 3.82. The van der Waals surface area contributed by atoms with Crippen LogP contribution in [-0.2, 0) is 0 Å². The number of benzene rings is 1. The summed E-state index contributed by atoms with van der Waals surface area (Å²) in [6.07, 6.45) is 9.30. The van der Waals surface area contributed by atoms with Crippen LogP contribution in [0.3, 0.4) is 0 Å². The Bertz CT molecular complexity index is 802. The Hall–Kier alpha value is -1.75. The molecule has 156 valence electrons. The van der Waals surface area contributed by atoms with E-state index < -0.39 is 0 Å². The Morgan fingerprint density at radius 2 is 1.66 bits per heavy atom. The van der Waals surface area contributed by atoms with Crippen LogP contribution in [0.25, 0.3) is 0 Å². The number of halogens is 1. The normalized spacial score (nSPS) is 36.2. The Balaban J connectivity index is 1.29. The van der Waals surface area contributed by atoms with Gasteiger partial charge < -0.3 is 16.0 Å². The fourth-order valence-electron chi connectivity index (χ4n) is 7.69. The minimum atomic E-state index is -0.370. The van der Waals surface area contributed by atoms with Gasteiger partial charge in [-0.1, -0.05) is 11.6 Å². The maximum absolute atomic E-state index is 12.9. The molecule has 0 spiro atoms. The van der Waals surface area contributed by atoms with Crippen LogP contribution in [0.1, 0.15) is 61.7 Å². The van der Waals surface area contributed by atoms with Gasteiger partial charge in [-0.3, -0.25) is 4.79 Å². The molecular weight excluding hydrogens is 386 g/mol. The molecule has 4 saturated carbocycles. The molecule has 1 aromatic rings. The van der Waals surface area contributed by atoms with Crippen LogP contribution in [0.15, 0.2) is 24.3 Å². The molecule has 5 nitrogen and oxygen atoms in total. The molecule has 5 fully saturated rings. The third kappa shape index (κ3) is 3.41. The van der Waals surface area contributed by atoms with E-state index in [0.29, 0.717) is 21.9 Å². The van der Waals surface area contributed by atoms with Crippen molar-refractivity contribution in [3.8, 4) is 0 Å². The topological polar surface area (TPSA) is 75.4 Å². The van der Waals surface area contributed by atoms with Crippen molar-refractivity contribution in [2.24, 2.45) is 28.9 Å². The first-order valence-electron chi connectivity index (χ1n) is 11.0. The number of piperidine rings is 1. The zero-order valence-electron chi connectivity index (χ0n) is 16.8. The van der Waals surface area contributed by atoms with Gasteiger partial charge in [-0.05, 0) is 98.8 Å². The fraction of sp³-hybridized carbons (Fsp3) is 0.652. The van der Waals surface area contributed by atoms with Crippen molar-refractivity contribution in [3.63, 3.8) is 0 Å². The summed E-state index contributed by atoms with van der Waals surface area (Å²) in [6, 6.07) is 6.82. The molecule has 6 heteroatoms. The van der Waals surface area contributed by atoms with Crippen molar-refractivity contribution in [1.82, 2.24) is 10.2 Å². The smallest absolute Gasteiger partial charge is 0.312 e. The number of nitrogens with one attached hydrogen (secondary N) is 1. The van der Waals surface area contributed by atoms with Crippen molar-refractivity contribution < 1.29 is 9.59 Å². The molecule has 6 rings (SSSR count). The van der Waals surface area contributed by atoms with E-state index in [-0.39, 0.29) is 17.5 Å². The quantitative estimate of drug-likeness (QED) is 0.776. The second-order valence-electron chi connectivity index (χ2n) is 10.2. The first-order chi connectivity index (χ1) is 13.9. The monoisotopic (exact) mass is 415 g/mol. The van der Waals surface area contributed by atoms with E-state index >= 15 is 0 Å². The van der Waals surface area contributed by atoms with E-state index in [1.165, 1.54) is 19.3 Å². The predicted molar refractivity (Wildman–Crippen MR) is 113 cm³/mol. The average Bonchev–Trinajstić information content (AvgIpc) is 2.66. The van der Waals surface area contributed by atoms with E-state index in [2.05, 4.69) is 5.32 Å². The van der Waals surface area contributed by atoms with Crippen molar-refractivity contribution in [1.29, 1.82) is 0 Å². The van der Waals surface area contributed by atoms with Gasteiger partial charge in [0, 0.05) is 29.2 Å². The molecule has 2 atom stereocenters. The summed E-state index contributed by atoms with van der Waals surface area (Å²) in [6.45, 7) is 1.64. The zero-order valence-corrected chi connectivity index (χ0v) is 17.6. The van der Waals surface area contributed by atoms with Crippen LogP contribution >= 0.6 is 11.6 Å². The number of hydrogen-bond acceptors (Lipinski definition) is 2. The summed E-state index contributed by atoms with van der Waals surface area (Å²) in [5.41, 5.74) is 6.51. The standard InChI is InChI=1S/C23H30ClN3O2/c24-19-3-1-17(2-4-19)20(28)27-7-5-18(6-8-27)22-10-15-9-16(11-22)13-23(12-15,14-22)26-21(25)29/h1-4,15-16,18H,5-14H2,(H3,25,26,29). The number of hydrogen-bond donors (Lipinski definition) is 2. The van der Waals surface area contributed by atoms with E-state index in [1.54, 1.807) is 12.1 Å². The van der Waals surface area contributed by atoms with Crippen molar-refractivity contribution >= 4 is 23.5 Å². The molecule has 1 aromatic carbocycles. The third-order valence-corrected chi connectivity index (χ3v) is 8.49. The van der Waals surface area contributed by atoms with Crippen LogP contribution in [0.2, 0.25) is 5.02 Å². The van der Waals surface area contributed by atoms with E-state index in [1.807, 2.05) is 17.0 Å². The van der Waals surface area contributed by atoms with Gasteiger partial charge in [-0.2, -0.15) is 0 Å². The van der Waals surface area contributed by atoms with E-state index in [0.717, 1.165) is 57.0 Å². The lowest BCUT2D eigenvalue weighted by Crippen LogP contribution is -2.65. The predicted octanol–water partition coefficient (Wildman–Crippen LogP) is 4.20. The number of nitrogens with two attached hydrogens (primary N) is 1. The fourth-order valence-corrected chi connectivity index (χ4v) is 7.81. The number of primary amides is 1. The first kappa shape index (κ1) is 19.2. The molecular formula is C23H30ClN3O2. The SMILES string of the molecule is NC(=O)NC12CC3CC(C1)CC(C1CCN(C(=O)c4ccc(Cl)cc4)CC1)(C3)C2. The maximum atomic E-state index is 12.9. The third-order valence-electron chi connectivity index (χ3n) is 8.23. The Labute approximate surface area is 177 Å². The largest absolute Gasteiger partial charge is 0.352 e. The second kappa shape index (κ2) is 6.90. The van der Waals surface area contributed by atoms with Gasteiger partial charge in [0.05, 0.1) is 0 Å². The van der Waals surface area contributed by atoms with Crippen LogP contribution in [0.5, 0.6) is 0 Å². The molecule has 3 amide bonds. The van der Waals surface area contributed by atoms with Gasteiger partial charge in [0.1, 0.15) is 0 Å². The lowest BCUT2D eigenvalue weighted by Gasteiger charge is -2.65. The van der Waals surface area contributed by atoms with E-state index in [9.17, 15) is 9.59 Å². The molecule has 5 aliphatic rings. The highest BCUT2D eigenvalue weighted by Crippen LogP contribution is 2.65. The number of amides is 3. The average molecular weight is 416 g/mol. The van der Waals surface area contributed by atoms with Gasteiger partial charge >= 0.3 is 6.03 Å². The molecule has 29 heavy (non-hydrogen) atoms. The van der Waals surface area contributed by atoms with Crippen molar-refractivity contribution in [2.75, 3.05) is 13.1 Å². The number of nitrogens with zero attached hydrogens (tertiary/aromatic N) is 1. The van der Waals surface area contributed by atoms with Crippen LogP contribution < -0.4 is 11.1 Å². The first-order valence-corrected chi connectivity index (χ1v) is 11.4. The summed E-state index contributed by atoms with van der Waals surface area (Å²) in [4.78, 5) is 26.6. The van der Waals surface area contributed by atoms with Crippen LogP contribution in [-0.4, -0.2) is 35.5 Å². The van der Waals surface area contributed by atoms with Gasteiger partial charge in [0.25, 0.3) is 5.91 Å². The van der Waals surface area contributed by atoms with Gasteiger partial charge in [-0.15, -0.1) is 0 Å². The van der Waals surface area contributed by atoms with Crippen molar-refractivity contribution in [3.05, 3.63) is 34.9 Å². The highest BCUT2D eigenvalue weighted by atomic mass is 35.5. The summed E-state index contributed by atoms with van der Waals surface area (Å²) >= 11 is 5.95. The van der Waals surface area contributed by atoms with E-state index in [4.69, 9.17) is 17.3 Å². The number of likely N-dealkylation sites (tertiary alicyclic amines) is 1. The lowest BCUT2D eigenvalue weighted by atomic mass is 9.43. The molecule has 0 aromatic heterocycles. The molecule has 1 heterocycles. The molecule has 4 aliphatic carbocycles. The molecule has 2 unspecified atom stereocenters. The van der Waals surface area contributed by atoms with Gasteiger partial charge in [0.2, 0.25) is 0 Å². The highest BCUT2D eigenvalue weighted by molar-refractivity contribution is 6.30. The maximum Gasteiger partial charge on any atom is 0.312 e. The molecule has 0 radical (unpaired) electrons. The van der Waals surface area contributed by atoms with Crippen LogP contribution in [0, 0.1) is 23.2 Å². The second-order valence-corrected chi connectivity index (χ2v) is 10.6. The summed E-state index contributed by atoms with van der Waals surface area (Å²) in [7, 11) is 0. The molecule has 3 N–H and O–H groups in total. The van der Waals surface area contributed by atoms with Crippen molar-refractivity contribution in [2.45, 2.75) is 56.9 Å². The number of carbonyl (C=O) groups is 2. The lowest BCUT2D eigenvalue weighted by molar-refractivity contribution is -0.116. The van der Waals surface area contributed by atoms with Gasteiger partial charge in [0.15, 0.2) is 0 Å². The molecule has 1 saturated heterocycles. The highest BCUT2D eigenvalue weighted by Gasteiger charge is 2.60. The number of urea groups is 1. The summed E-state index contributed by atoms with van der Waals surface area (Å²) in [5.74, 6) is 2.18. The minimum Gasteiger partial charge on any atom is -0.352 e.